The Morgan fingerprint density at radius 3 is 2.27 bits per heavy atom. The molecular weight excluding hydrogens is 540 g/mol. The van der Waals surface area contributed by atoms with Gasteiger partial charge in [0, 0.05) is 42.0 Å². The van der Waals surface area contributed by atoms with Crippen molar-refractivity contribution in [3.63, 3.8) is 0 Å². The van der Waals surface area contributed by atoms with Gasteiger partial charge < -0.3 is 9.64 Å². The molecule has 2 aliphatic heterocycles. The Bertz CT molecular complexity index is 1890. The van der Waals surface area contributed by atoms with Crippen LogP contribution in [-0.2, 0) is 12.0 Å². The highest BCUT2D eigenvalue weighted by atomic mass is 16.5. The number of benzene rings is 5. The van der Waals surface area contributed by atoms with E-state index in [4.69, 9.17) is 4.74 Å². The van der Waals surface area contributed by atoms with Crippen molar-refractivity contribution < 1.29 is 14.1 Å². The molecule has 0 bridgehead atoms. The number of carbonyl (C=O) groups is 1. The molecule has 0 N–H and O–H groups in total. The van der Waals surface area contributed by atoms with Crippen LogP contribution in [0.15, 0.2) is 121 Å². The normalized spacial score (nSPS) is 15.7. The molecule has 0 atom stereocenters. The average Bonchev–Trinajstić information content (AvgIpc) is 3.66. The van der Waals surface area contributed by atoms with Crippen LogP contribution < -0.4 is 9.64 Å². The van der Waals surface area contributed by atoms with Crippen molar-refractivity contribution in [1.29, 1.82) is 0 Å². The first-order valence-electron chi connectivity index (χ1n) is 15.5. The van der Waals surface area contributed by atoms with Gasteiger partial charge in [0.25, 0.3) is 0 Å². The number of para-hydroxylation sites is 1. The van der Waals surface area contributed by atoms with Crippen LogP contribution in [0.2, 0.25) is 0 Å². The van der Waals surface area contributed by atoms with E-state index >= 15 is 0 Å². The lowest BCUT2D eigenvalue weighted by Crippen LogP contribution is -2.27. The Labute approximate surface area is 259 Å². The van der Waals surface area contributed by atoms with Crippen LogP contribution in [0.25, 0.3) is 16.8 Å². The zero-order valence-electron chi connectivity index (χ0n) is 25.4. The maximum atomic E-state index is 13.0. The fourth-order valence-electron chi connectivity index (χ4n) is 6.58. The Morgan fingerprint density at radius 1 is 0.795 bits per heavy atom. The van der Waals surface area contributed by atoms with Crippen molar-refractivity contribution in [1.82, 2.24) is 0 Å². The van der Waals surface area contributed by atoms with E-state index in [2.05, 4.69) is 84.0 Å². The molecule has 1 saturated heterocycles. The molecule has 1 fully saturated rings. The molecule has 0 saturated carbocycles. The summed E-state index contributed by atoms with van der Waals surface area (Å²) in [5, 5.41) is 2.16. The van der Waals surface area contributed by atoms with Crippen LogP contribution >= 0.6 is 0 Å². The van der Waals surface area contributed by atoms with Gasteiger partial charge >= 0.3 is 5.97 Å². The topological polar surface area (TPSA) is 32.5 Å². The summed E-state index contributed by atoms with van der Waals surface area (Å²) in [7, 11) is 0. The second-order valence-corrected chi connectivity index (χ2v) is 12.3. The number of esters is 1. The molecular formula is C40H37N2O2+. The van der Waals surface area contributed by atoms with E-state index in [1.54, 1.807) is 0 Å². The summed E-state index contributed by atoms with van der Waals surface area (Å²) in [4.78, 5) is 15.4. The quantitative estimate of drug-likeness (QED) is 0.110. The second-order valence-electron chi connectivity index (χ2n) is 12.3. The highest BCUT2D eigenvalue weighted by Gasteiger charge is 2.44. The Hall–Kier alpha value is -4.96. The third kappa shape index (κ3) is 5.44. The third-order valence-electron chi connectivity index (χ3n) is 9.06. The smallest absolute Gasteiger partial charge is 0.343 e. The molecule has 4 nitrogen and oxygen atoms in total. The van der Waals surface area contributed by atoms with Crippen molar-refractivity contribution in [2.24, 2.45) is 0 Å². The first-order valence-corrected chi connectivity index (χ1v) is 15.5. The van der Waals surface area contributed by atoms with Crippen molar-refractivity contribution in [3.8, 4) is 5.75 Å². The molecule has 0 spiro atoms. The van der Waals surface area contributed by atoms with Crippen LogP contribution in [0.3, 0.4) is 0 Å². The predicted molar refractivity (Wildman–Crippen MR) is 180 cm³/mol. The number of allylic oxidation sites excluding steroid dienone is 1. The van der Waals surface area contributed by atoms with Gasteiger partial charge in [0.05, 0.1) is 11.0 Å². The summed E-state index contributed by atoms with van der Waals surface area (Å²) < 4.78 is 8.13. The Balaban J connectivity index is 1.12. The number of nitrogens with zero attached hydrogens (tertiary/aromatic N) is 2. The lowest BCUT2D eigenvalue weighted by atomic mass is 9.81. The van der Waals surface area contributed by atoms with E-state index in [0.29, 0.717) is 17.9 Å². The summed E-state index contributed by atoms with van der Waals surface area (Å²) in [5.74, 6) is 0.191. The van der Waals surface area contributed by atoms with E-state index in [0.717, 1.165) is 29.4 Å². The highest BCUT2D eigenvalue weighted by Crippen LogP contribution is 2.40. The standard InChI is InChI=1S/C40H37N2O2/c1-40(2)36-11-5-6-12-37(36)42(38(40)24-17-29-15-21-34(22-16-29)41-25-7-8-26-41)28-30-13-18-32(19-14-30)39(43)44-35-23-20-31-9-3-4-10-33(31)27-35/h3-6,9-24,27H,7-8,25-26,28H2,1-2H3/q+1. The molecule has 0 unspecified atom stereocenters. The molecule has 2 heterocycles. The van der Waals surface area contributed by atoms with Gasteiger partial charge in [-0.2, -0.15) is 4.58 Å². The Kier molecular flexibility index (Phi) is 7.35. The maximum absolute atomic E-state index is 13.0. The fourth-order valence-corrected chi connectivity index (χ4v) is 6.58. The molecule has 0 aliphatic carbocycles. The largest absolute Gasteiger partial charge is 0.423 e. The molecule has 0 radical (unpaired) electrons. The van der Waals surface area contributed by atoms with Gasteiger partial charge in [-0.05, 0) is 85.5 Å². The van der Waals surface area contributed by atoms with E-state index in [1.807, 2.05) is 66.7 Å². The number of fused-ring (bicyclic) bond motifs is 2. The van der Waals surface area contributed by atoms with Gasteiger partial charge in [-0.25, -0.2) is 4.79 Å². The van der Waals surface area contributed by atoms with Gasteiger partial charge in [0.15, 0.2) is 12.3 Å². The fraction of sp³-hybridized carbons (Fsp3) is 0.200. The minimum absolute atomic E-state index is 0.147. The first-order chi connectivity index (χ1) is 21.5. The molecule has 218 valence electrons. The van der Waals surface area contributed by atoms with Gasteiger partial charge in [0.2, 0.25) is 5.69 Å². The molecule has 4 heteroatoms. The lowest BCUT2D eigenvalue weighted by molar-refractivity contribution is -0.455. The molecule has 5 aromatic rings. The summed E-state index contributed by atoms with van der Waals surface area (Å²) in [6, 6.07) is 39.2. The van der Waals surface area contributed by atoms with E-state index in [9.17, 15) is 4.79 Å². The third-order valence-corrected chi connectivity index (χ3v) is 9.06. The van der Waals surface area contributed by atoms with Gasteiger partial charge in [0.1, 0.15) is 5.75 Å². The number of anilines is 1. The second kappa shape index (κ2) is 11.6. The van der Waals surface area contributed by atoms with Gasteiger partial charge in [-0.1, -0.05) is 72.8 Å². The number of carbonyl (C=O) groups excluding carboxylic acids is 1. The minimum atomic E-state index is -0.356. The number of rotatable bonds is 7. The minimum Gasteiger partial charge on any atom is -0.423 e. The summed E-state index contributed by atoms with van der Waals surface area (Å²) in [6.07, 6.45) is 7.07. The van der Waals surface area contributed by atoms with Crippen molar-refractivity contribution in [2.45, 2.75) is 38.6 Å². The summed E-state index contributed by atoms with van der Waals surface area (Å²) >= 11 is 0. The first kappa shape index (κ1) is 27.8. The van der Waals surface area contributed by atoms with Crippen molar-refractivity contribution in [2.75, 3.05) is 18.0 Å². The van der Waals surface area contributed by atoms with Crippen LogP contribution in [0.1, 0.15) is 53.7 Å². The van der Waals surface area contributed by atoms with E-state index in [1.165, 1.54) is 41.1 Å². The van der Waals surface area contributed by atoms with E-state index < -0.39 is 0 Å². The van der Waals surface area contributed by atoms with Crippen LogP contribution in [0.5, 0.6) is 5.75 Å². The van der Waals surface area contributed by atoms with Crippen LogP contribution in [0, 0.1) is 0 Å². The summed E-state index contributed by atoms with van der Waals surface area (Å²) in [6.45, 7) is 7.61. The highest BCUT2D eigenvalue weighted by molar-refractivity contribution is 6.05. The molecule has 44 heavy (non-hydrogen) atoms. The zero-order chi connectivity index (χ0) is 30.1. The number of hydrogen-bond acceptors (Lipinski definition) is 3. The maximum Gasteiger partial charge on any atom is 0.343 e. The molecule has 0 amide bonds. The molecule has 2 aliphatic rings. The van der Waals surface area contributed by atoms with E-state index in [-0.39, 0.29) is 11.4 Å². The van der Waals surface area contributed by atoms with Gasteiger partial charge in [-0.15, -0.1) is 0 Å². The van der Waals surface area contributed by atoms with Crippen LogP contribution in [-0.4, -0.2) is 29.3 Å². The number of ether oxygens (including phenoxy) is 1. The predicted octanol–water partition coefficient (Wildman–Crippen LogP) is 8.95. The Morgan fingerprint density at radius 2 is 1.50 bits per heavy atom. The van der Waals surface area contributed by atoms with Crippen molar-refractivity contribution in [3.05, 3.63) is 144 Å². The monoisotopic (exact) mass is 577 g/mol. The SMILES string of the molecule is CC1(C)C(C=Cc2ccc(N3CCCC3)cc2)=[N+](Cc2ccc(C(=O)Oc3ccc4ccccc4c3)cc2)c2ccccc21. The lowest BCUT2D eigenvalue weighted by Gasteiger charge is -2.17. The molecule has 5 aromatic carbocycles. The van der Waals surface area contributed by atoms with Crippen LogP contribution in [0.4, 0.5) is 11.4 Å². The summed E-state index contributed by atoms with van der Waals surface area (Å²) in [5.41, 5.74) is 7.81. The molecule has 7 rings (SSSR count). The number of hydrogen-bond donors (Lipinski definition) is 0. The van der Waals surface area contributed by atoms with Gasteiger partial charge in [-0.3, -0.25) is 0 Å². The average molecular weight is 578 g/mol. The zero-order valence-corrected chi connectivity index (χ0v) is 25.4. The van der Waals surface area contributed by atoms with Crippen molar-refractivity contribution >= 4 is 39.9 Å². The molecule has 0 aromatic heterocycles.